The van der Waals surface area contributed by atoms with Gasteiger partial charge in [-0.1, -0.05) is 12.1 Å². The third-order valence-electron chi connectivity index (χ3n) is 4.12. The smallest absolute Gasteiger partial charge is 0.423 e. The zero-order chi connectivity index (χ0) is 23.2. The Hall–Kier alpha value is -3.15. The first-order chi connectivity index (χ1) is 14.5. The Morgan fingerprint density at radius 1 is 1.26 bits per heavy atom. The predicted octanol–water partition coefficient (Wildman–Crippen LogP) is 2.56. The van der Waals surface area contributed by atoms with E-state index in [9.17, 15) is 27.2 Å². The molecule has 0 bridgehead atoms. The first kappa shape index (κ1) is 24.1. The highest BCUT2D eigenvalue weighted by Crippen LogP contribution is 2.32. The molecule has 2 N–H and O–H groups in total. The van der Waals surface area contributed by atoms with Gasteiger partial charge in [0.15, 0.2) is 0 Å². The molecular weight excluding hydrogens is 426 g/mol. The number of hydrogen-bond donors (Lipinski definition) is 2. The van der Waals surface area contributed by atoms with Gasteiger partial charge < -0.3 is 19.9 Å². The molecule has 2 aromatic rings. The lowest BCUT2D eigenvalue weighted by atomic mass is 10.2. The number of alkyl halides is 4. The van der Waals surface area contributed by atoms with E-state index in [2.05, 4.69) is 10.4 Å². The van der Waals surface area contributed by atoms with Gasteiger partial charge in [-0.3, -0.25) is 4.79 Å². The summed E-state index contributed by atoms with van der Waals surface area (Å²) in [5.74, 6) is -1.15. The van der Waals surface area contributed by atoms with Crippen LogP contribution in [0.15, 0.2) is 35.3 Å². The minimum Gasteiger partial charge on any atom is -0.497 e. The van der Waals surface area contributed by atoms with Crippen molar-refractivity contribution in [1.29, 1.82) is 0 Å². The highest BCUT2D eigenvalue weighted by atomic mass is 19.4. The number of hydrogen-bond acceptors (Lipinski definition) is 6. The predicted molar refractivity (Wildman–Crippen MR) is 102 cm³/mol. The van der Waals surface area contributed by atoms with E-state index in [4.69, 9.17) is 14.6 Å². The minimum atomic E-state index is -4.96. The third-order valence-corrected chi connectivity index (χ3v) is 4.12. The summed E-state index contributed by atoms with van der Waals surface area (Å²) in [5.41, 5.74) is -2.78. The summed E-state index contributed by atoms with van der Waals surface area (Å²) in [5, 5.41) is 14.7. The number of nitrogens with one attached hydrogen (secondary N) is 1. The van der Waals surface area contributed by atoms with Gasteiger partial charge in [0.05, 0.1) is 38.8 Å². The molecule has 0 aliphatic heterocycles. The zero-order valence-corrected chi connectivity index (χ0v) is 16.6. The molecule has 0 radical (unpaired) electrons. The lowest BCUT2D eigenvalue weighted by Gasteiger charge is -2.20. The van der Waals surface area contributed by atoms with E-state index in [0.717, 1.165) is 6.20 Å². The summed E-state index contributed by atoms with van der Waals surface area (Å²) in [4.78, 5) is 22.9. The van der Waals surface area contributed by atoms with Crippen LogP contribution in [0.1, 0.15) is 18.1 Å². The summed E-state index contributed by atoms with van der Waals surface area (Å²) in [6, 6.07) is 5.62. The SMILES string of the molecule is COc1ccc(Cn2ncc(N[C@@H](C)COCC(F)C(=O)O)c(C(F)(F)F)c2=O)cc1. The van der Waals surface area contributed by atoms with Crippen LogP contribution < -0.4 is 15.6 Å². The van der Waals surface area contributed by atoms with Crippen LogP contribution in [0.4, 0.5) is 23.2 Å². The van der Waals surface area contributed by atoms with Crippen molar-refractivity contribution in [3.8, 4) is 5.75 Å². The average Bonchev–Trinajstić information content (AvgIpc) is 2.69. The van der Waals surface area contributed by atoms with Gasteiger partial charge in [-0.05, 0) is 24.6 Å². The molecule has 0 saturated heterocycles. The Morgan fingerprint density at radius 2 is 1.90 bits per heavy atom. The van der Waals surface area contributed by atoms with Gasteiger partial charge in [-0.25, -0.2) is 13.9 Å². The van der Waals surface area contributed by atoms with E-state index in [0.29, 0.717) is 16.0 Å². The number of aromatic nitrogens is 2. The van der Waals surface area contributed by atoms with Crippen molar-refractivity contribution in [2.24, 2.45) is 0 Å². The second-order valence-electron chi connectivity index (χ2n) is 6.63. The maximum absolute atomic E-state index is 13.6. The Labute approximate surface area is 174 Å². The number of rotatable bonds is 10. The van der Waals surface area contributed by atoms with Crippen molar-refractivity contribution in [1.82, 2.24) is 9.78 Å². The number of aliphatic carboxylic acids is 1. The van der Waals surface area contributed by atoms with Crippen LogP contribution in [0.2, 0.25) is 0 Å². The second-order valence-corrected chi connectivity index (χ2v) is 6.63. The van der Waals surface area contributed by atoms with Crippen molar-refractivity contribution in [3.05, 3.63) is 51.9 Å². The van der Waals surface area contributed by atoms with Crippen molar-refractivity contribution in [2.45, 2.75) is 31.9 Å². The largest absolute Gasteiger partial charge is 0.497 e. The number of halogens is 4. The summed E-state index contributed by atoms with van der Waals surface area (Å²) in [6.07, 6.45) is -6.33. The molecule has 2 atom stereocenters. The van der Waals surface area contributed by atoms with E-state index in [1.807, 2.05) is 0 Å². The molecule has 0 fully saturated rings. The Bertz CT molecular complexity index is 947. The van der Waals surface area contributed by atoms with Crippen molar-refractivity contribution in [3.63, 3.8) is 0 Å². The van der Waals surface area contributed by atoms with Gasteiger partial charge in [-0.2, -0.15) is 18.3 Å². The maximum Gasteiger partial charge on any atom is 0.423 e. The fourth-order valence-corrected chi connectivity index (χ4v) is 2.62. The normalized spacial score (nSPS) is 13.5. The molecule has 0 saturated carbocycles. The monoisotopic (exact) mass is 447 g/mol. The lowest BCUT2D eigenvalue weighted by molar-refractivity contribution is -0.145. The molecule has 0 amide bonds. The molecular formula is C19H21F4N3O5. The van der Waals surface area contributed by atoms with Gasteiger partial charge in [0.2, 0.25) is 6.17 Å². The molecule has 1 aromatic heterocycles. The number of carboxylic acid groups (broad SMARTS) is 1. The highest BCUT2D eigenvalue weighted by molar-refractivity contribution is 5.72. The van der Waals surface area contributed by atoms with Crippen LogP contribution in [-0.2, 0) is 22.3 Å². The molecule has 1 heterocycles. The van der Waals surface area contributed by atoms with Gasteiger partial charge in [0.1, 0.15) is 11.3 Å². The fraction of sp³-hybridized carbons (Fsp3) is 0.421. The Morgan fingerprint density at radius 3 is 2.45 bits per heavy atom. The summed E-state index contributed by atoms with van der Waals surface area (Å²) in [7, 11) is 1.47. The molecule has 0 spiro atoms. The molecule has 170 valence electrons. The average molecular weight is 447 g/mol. The first-order valence-corrected chi connectivity index (χ1v) is 9.04. The number of anilines is 1. The van der Waals surface area contributed by atoms with E-state index in [-0.39, 0.29) is 13.2 Å². The van der Waals surface area contributed by atoms with E-state index in [1.54, 1.807) is 24.3 Å². The van der Waals surface area contributed by atoms with E-state index < -0.39 is 47.8 Å². The number of carbonyl (C=O) groups is 1. The maximum atomic E-state index is 13.6. The lowest BCUT2D eigenvalue weighted by Crippen LogP contribution is -2.34. The Balaban J connectivity index is 2.19. The van der Waals surface area contributed by atoms with Crippen LogP contribution in [0.3, 0.4) is 0 Å². The standard InChI is InChI=1S/C19H21F4N3O5/c1-11(9-31-10-14(20)18(28)29)25-15-7-24-26(17(27)16(15)19(21,22)23)8-12-3-5-13(30-2)6-4-12/h3-7,11,14,25H,8-10H2,1-2H3,(H,28,29)/t11-,14?/m0/s1. The number of methoxy groups -OCH3 is 1. The number of carboxylic acids is 1. The summed E-state index contributed by atoms with van der Waals surface area (Å²) in [6.45, 7) is 0.199. The molecule has 0 aliphatic carbocycles. The number of ether oxygens (including phenoxy) is 2. The summed E-state index contributed by atoms with van der Waals surface area (Å²) < 4.78 is 64.3. The van der Waals surface area contributed by atoms with Crippen molar-refractivity contribution in [2.75, 3.05) is 25.6 Å². The first-order valence-electron chi connectivity index (χ1n) is 9.04. The van der Waals surface area contributed by atoms with Crippen LogP contribution in [0.5, 0.6) is 5.75 Å². The number of benzene rings is 1. The molecule has 1 unspecified atom stereocenters. The minimum absolute atomic E-state index is 0.183. The Kier molecular flexibility index (Phi) is 7.97. The van der Waals surface area contributed by atoms with Crippen LogP contribution >= 0.6 is 0 Å². The molecule has 8 nitrogen and oxygen atoms in total. The molecule has 2 rings (SSSR count). The van der Waals surface area contributed by atoms with Crippen LogP contribution in [0, 0.1) is 0 Å². The fourth-order valence-electron chi connectivity index (χ4n) is 2.62. The van der Waals surface area contributed by atoms with Crippen molar-refractivity contribution >= 4 is 11.7 Å². The quantitative estimate of drug-likeness (QED) is 0.540. The number of nitrogens with zero attached hydrogens (tertiary/aromatic N) is 2. The van der Waals surface area contributed by atoms with Gasteiger partial charge in [-0.15, -0.1) is 0 Å². The topological polar surface area (TPSA) is 103 Å². The van der Waals surface area contributed by atoms with Gasteiger partial charge >= 0.3 is 12.1 Å². The van der Waals surface area contributed by atoms with Gasteiger partial charge in [0, 0.05) is 6.04 Å². The molecule has 0 aliphatic rings. The molecule has 12 heteroatoms. The van der Waals surface area contributed by atoms with E-state index in [1.165, 1.54) is 14.0 Å². The zero-order valence-electron chi connectivity index (χ0n) is 16.6. The molecule has 31 heavy (non-hydrogen) atoms. The highest BCUT2D eigenvalue weighted by Gasteiger charge is 2.38. The van der Waals surface area contributed by atoms with Crippen LogP contribution in [0.25, 0.3) is 0 Å². The summed E-state index contributed by atoms with van der Waals surface area (Å²) >= 11 is 0. The van der Waals surface area contributed by atoms with E-state index >= 15 is 0 Å². The van der Waals surface area contributed by atoms with Crippen molar-refractivity contribution < 1.29 is 36.9 Å². The van der Waals surface area contributed by atoms with Crippen LogP contribution in [-0.4, -0.2) is 53.4 Å². The second kappa shape index (κ2) is 10.2. The van der Waals surface area contributed by atoms with Gasteiger partial charge in [0.25, 0.3) is 5.56 Å². The third kappa shape index (κ3) is 6.67. The molecule has 1 aromatic carbocycles.